The Balaban J connectivity index is 2.62. The largest absolute Gasteiger partial charge is 0.488 e. The van der Waals surface area contributed by atoms with E-state index in [0.29, 0.717) is 12.7 Å². The van der Waals surface area contributed by atoms with Gasteiger partial charge in [-0.2, -0.15) is 0 Å². The minimum atomic E-state index is -0.626. The Kier molecular flexibility index (Phi) is 6.19. The zero-order valence-corrected chi connectivity index (χ0v) is 14.8. The predicted octanol–water partition coefficient (Wildman–Crippen LogP) is 3.50. The van der Waals surface area contributed by atoms with Crippen LogP contribution in [0.5, 0.6) is 5.75 Å². The Morgan fingerprint density at radius 3 is 2.09 bits per heavy atom. The van der Waals surface area contributed by atoms with Gasteiger partial charge in [0.15, 0.2) is 0 Å². The molecule has 0 aliphatic carbocycles. The van der Waals surface area contributed by atoms with Crippen LogP contribution in [-0.2, 0) is 16.0 Å². The lowest BCUT2D eigenvalue weighted by atomic mass is 10.1. The molecule has 0 radical (unpaired) electrons. The highest BCUT2D eigenvalue weighted by molar-refractivity contribution is 5.73. The van der Waals surface area contributed by atoms with E-state index in [4.69, 9.17) is 9.47 Å². The summed E-state index contributed by atoms with van der Waals surface area (Å²) in [7, 11) is 0. The van der Waals surface area contributed by atoms with Crippen LogP contribution in [0.15, 0.2) is 24.3 Å². The summed E-state index contributed by atoms with van der Waals surface area (Å²) >= 11 is 0. The second-order valence-electron chi connectivity index (χ2n) is 7.45. The maximum absolute atomic E-state index is 11.7. The van der Waals surface area contributed by atoms with Crippen molar-refractivity contribution in [2.24, 2.45) is 0 Å². The molecular weight excluding hydrogens is 294 g/mol. The van der Waals surface area contributed by atoms with Crippen molar-refractivity contribution in [1.29, 1.82) is 0 Å². The molecule has 0 saturated heterocycles. The third-order valence-electron chi connectivity index (χ3n) is 2.67. The number of hydrogen-bond acceptors (Lipinski definition) is 4. The monoisotopic (exact) mass is 321 g/mol. The highest BCUT2D eigenvalue weighted by atomic mass is 16.6. The Labute approximate surface area is 138 Å². The van der Waals surface area contributed by atoms with Gasteiger partial charge < -0.3 is 19.6 Å². The predicted molar refractivity (Wildman–Crippen MR) is 89.7 cm³/mol. The van der Waals surface area contributed by atoms with Gasteiger partial charge >= 0.3 is 6.09 Å². The SMILES string of the molecule is CC(C)(C)OC(=O)NC(C=O)Cc1ccc(OC(C)(C)C)cc1. The summed E-state index contributed by atoms with van der Waals surface area (Å²) in [5.74, 6) is 0.768. The van der Waals surface area contributed by atoms with Gasteiger partial charge in [-0.05, 0) is 65.7 Å². The molecule has 23 heavy (non-hydrogen) atoms. The fraction of sp³-hybridized carbons (Fsp3) is 0.556. The van der Waals surface area contributed by atoms with Crippen molar-refractivity contribution in [1.82, 2.24) is 5.32 Å². The fourth-order valence-electron chi connectivity index (χ4n) is 1.89. The Morgan fingerprint density at radius 1 is 1.09 bits per heavy atom. The molecule has 128 valence electrons. The standard InChI is InChI=1S/C18H27NO4/c1-17(2,3)22-15-9-7-13(8-10-15)11-14(12-20)19-16(21)23-18(4,5)6/h7-10,12,14H,11H2,1-6H3,(H,19,21). The van der Waals surface area contributed by atoms with Gasteiger partial charge in [-0.3, -0.25) is 0 Å². The molecule has 1 rings (SSSR count). The van der Waals surface area contributed by atoms with Crippen molar-refractivity contribution in [2.75, 3.05) is 0 Å². The van der Waals surface area contributed by atoms with E-state index in [0.717, 1.165) is 11.3 Å². The minimum absolute atomic E-state index is 0.259. The van der Waals surface area contributed by atoms with Gasteiger partial charge in [-0.1, -0.05) is 12.1 Å². The summed E-state index contributed by atoms with van der Waals surface area (Å²) in [5.41, 5.74) is 0.0774. The van der Waals surface area contributed by atoms with Crippen LogP contribution in [0.3, 0.4) is 0 Å². The first-order valence-corrected chi connectivity index (χ1v) is 7.71. The molecule has 0 aromatic heterocycles. The van der Waals surface area contributed by atoms with E-state index in [-0.39, 0.29) is 5.60 Å². The van der Waals surface area contributed by atoms with E-state index >= 15 is 0 Å². The summed E-state index contributed by atoms with van der Waals surface area (Å²) in [6.07, 6.45) is 0.518. The molecule has 0 fully saturated rings. The number of carbonyl (C=O) groups excluding carboxylic acids is 2. The zero-order valence-electron chi connectivity index (χ0n) is 14.8. The molecule has 0 aliphatic rings. The number of benzene rings is 1. The molecule has 0 bridgehead atoms. The molecule has 1 unspecified atom stereocenters. The number of aldehydes is 1. The Bertz CT molecular complexity index is 523. The fourth-order valence-corrected chi connectivity index (χ4v) is 1.89. The quantitative estimate of drug-likeness (QED) is 0.843. The zero-order chi connectivity index (χ0) is 17.7. The number of alkyl carbamates (subject to hydrolysis) is 1. The maximum Gasteiger partial charge on any atom is 0.408 e. The van der Waals surface area contributed by atoms with E-state index in [1.807, 2.05) is 45.0 Å². The number of rotatable bonds is 5. The highest BCUT2D eigenvalue weighted by Crippen LogP contribution is 2.19. The van der Waals surface area contributed by atoms with Crippen molar-refractivity contribution in [3.8, 4) is 5.75 Å². The Morgan fingerprint density at radius 2 is 1.65 bits per heavy atom. The average molecular weight is 321 g/mol. The first-order valence-electron chi connectivity index (χ1n) is 7.71. The molecule has 1 amide bonds. The molecule has 5 heteroatoms. The van der Waals surface area contributed by atoms with Crippen molar-refractivity contribution in [2.45, 2.75) is 65.2 Å². The first kappa shape index (κ1) is 19.0. The molecule has 1 N–H and O–H groups in total. The Hall–Kier alpha value is -2.04. The molecule has 0 saturated carbocycles. The van der Waals surface area contributed by atoms with Gasteiger partial charge in [0.25, 0.3) is 0 Å². The van der Waals surface area contributed by atoms with Crippen LogP contribution in [-0.4, -0.2) is 29.6 Å². The van der Waals surface area contributed by atoms with Gasteiger partial charge in [0, 0.05) is 0 Å². The lowest BCUT2D eigenvalue weighted by molar-refractivity contribution is -0.109. The van der Waals surface area contributed by atoms with Crippen LogP contribution in [0.25, 0.3) is 0 Å². The number of ether oxygens (including phenoxy) is 2. The molecule has 5 nitrogen and oxygen atoms in total. The number of amides is 1. The number of hydrogen-bond donors (Lipinski definition) is 1. The van der Waals surface area contributed by atoms with Crippen LogP contribution >= 0.6 is 0 Å². The van der Waals surface area contributed by atoms with Gasteiger partial charge in [0.05, 0.1) is 6.04 Å². The van der Waals surface area contributed by atoms with E-state index < -0.39 is 17.7 Å². The minimum Gasteiger partial charge on any atom is -0.488 e. The molecule has 0 aliphatic heterocycles. The van der Waals surface area contributed by atoms with Crippen molar-refractivity contribution < 1.29 is 19.1 Å². The van der Waals surface area contributed by atoms with Crippen LogP contribution < -0.4 is 10.1 Å². The third-order valence-corrected chi connectivity index (χ3v) is 2.67. The van der Waals surface area contributed by atoms with E-state index in [1.54, 1.807) is 20.8 Å². The summed E-state index contributed by atoms with van der Waals surface area (Å²) in [4.78, 5) is 22.9. The second-order valence-corrected chi connectivity index (χ2v) is 7.45. The maximum atomic E-state index is 11.7. The van der Waals surface area contributed by atoms with Gasteiger partial charge in [-0.15, -0.1) is 0 Å². The molecular formula is C18H27NO4. The summed E-state index contributed by atoms with van der Waals surface area (Å²) in [5, 5.41) is 2.56. The smallest absolute Gasteiger partial charge is 0.408 e. The lowest BCUT2D eigenvalue weighted by Gasteiger charge is -2.22. The summed E-state index contributed by atoms with van der Waals surface area (Å²) in [6.45, 7) is 11.3. The van der Waals surface area contributed by atoms with Crippen molar-refractivity contribution in [3.05, 3.63) is 29.8 Å². The van der Waals surface area contributed by atoms with Crippen molar-refractivity contribution >= 4 is 12.4 Å². The van der Waals surface area contributed by atoms with Crippen LogP contribution in [0.2, 0.25) is 0 Å². The van der Waals surface area contributed by atoms with Gasteiger partial charge in [0.2, 0.25) is 0 Å². The van der Waals surface area contributed by atoms with Crippen LogP contribution in [0.4, 0.5) is 4.79 Å². The van der Waals surface area contributed by atoms with E-state index in [9.17, 15) is 9.59 Å². The molecule has 0 heterocycles. The number of carbonyl (C=O) groups is 2. The van der Waals surface area contributed by atoms with E-state index in [2.05, 4.69) is 5.32 Å². The average Bonchev–Trinajstić information content (AvgIpc) is 2.36. The molecule has 1 aromatic carbocycles. The summed E-state index contributed by atoms with van der Waals surface area (Å²) in [6, 6.07) is 6.85. The molecule has 1 aromatic rings. The molecule has 0 spiro atoms. The molecule has 1 atom stereocenters. The van der Waals surface area contributed by atoms with Crippen LogP contribution in [0.1, 0.15) is 47.1 Å². The highest BCUT2D eigenvalue weighted by Gasteiger charge is 2.19. The topological polar surface area (TPSA) is 64.6 Å². The summed E-state index contributed by atoms with van der Waals surface area (Å²) < 4.78 is 10.9. The van der Waals surface area contributed by atoms with Crippen molar-refractivity contribution in [3.63, 3.8) is 0 Å². The first-order chi connectivity index (χ1) is 10.5. The van der Waals surface area contributed by atoms with E-state index in [1.165, 1.54) is 0 Å². The lowest BCUT2D eigenvalue weighted by Crippen LogP contribution is -2.41. The van der Waals surface area contributed by atoms with Gasteiger partial charge in [-0.25, -0.2) is 4.79 Å². The van der Waals surface area contributed by atoms with Gasteiger partial charge in [0.1, 0.15) is 23.2 Å². The third kappa shape index (κ3) is 8.24. The normalized spacial score (nSPS) is 13.1. The van der Waals surface area contributed by atoms with Crippen LogP contribution in [0, 0.1) is 0 Å². The second kappa shape index (κ2) is 7.49. The number of nitrogens with one attached hydrogen (secondary N) is 1.